The lowest BCUT2D eigenvalue weighted by Crippen LogP contribution is -2.36. The van der Waals surface area contributed by atoms with Crippen LogP contribution in [0.25, 0.3) is 0 Å². The molecule has 2 heterocycles. The van der Waals surface area contributed by atoms with E-state index in [0.29, 0.717) is 44.3 Å². The van der Waals surface area contributed by atoms with Crippen molar-refractivity contribution in [3.63, 3.8) is 0 Å². The largest absolute Gasteiger partial charge is 0.490 e. The molecule has 3 rings (SSSR count). The molecule has 10 heteroatoms. The SMILES string of the molecule is O=C(CCNS(=O)(=O)c1ccc2c(c1)OCCCO2)NCC1CNCC1O. The van der Waals surface area contributed by atoms with Gasteiger partial charge in [-0.1, -0.05) is 0 Å². The van der Waals surface area contributed by atoms with E-state index in [9.17, 15) is 18.3 Å². The molecule has 9 nitrogen and oxygen atoms in total. The van der Waals surface area contributed by atoms with Gasteiger partial charge in [-0.05, 0) is 12.1 Å². The first-order chi connectivity index (χ1) is 13.0. The van der Waals surface area contributed by atoms with E-state index >= 15 is 0 Å². The van der Waals surface area contributed by atoms with Gasteiger partial charge in [-0.25, -0.2) is 13.1 Å². The Morgan fingerprint density at radius 1 is 1.22 bits per heavy atom. The number of carbonyl (C=O) groups is 1. The van der Waals surface area contributed by atoms with Crippen molar-refractivity contribution in [2.75, 3.05) is 39.4 Å². The summed E-state index contributed by atoms with van der Waals surface area (Å²) >= 11 is 0. The molecule has 2 atom stereocenters. The Kier molecular flexibility index (Phi) is 6.53. The molecule has 4 N–H and O–H groups in total. The average molecular weight is 399 g/mol. The van der Waals surface area contributed by atoms with Gasteiger partial charge in [-0.2, -0.15) is 0 Å². The van der Waals surface area contributed by atoms with Crippen LogP contribution in [0.15, 0.2) is 23.1 Å². The highest BCUT2D eigenvalue weighted by molar-refractivity contribution is 7.89. The van der Waals surface area contributed by atoms with E-state index < -0.39 is 16.1 Å². The van der Waals surface area contributed by atoms with E-state index in [1.807, 2.05) is 0 Å². The fraction of sp³-hybridized carbons (Fsp3) is 0.588. The third-order valence-corrected chi connectivity index (χ3v) is 6.00. The molecular weight excluding hydrogens is 374 g/mol. The average Bonchev–Trinajstić information content (AvgIpc) is 2.90. The minimum Gasteiger partial charge on any atom is -0.490 e. The van der Waals surface area contributed by atoms with E-state index in [2.05, 4.69) is 15.4 Å². The van der Waals surface area contributed by atoms with Crippen molar-refractivity contribution >= 4 is 15.9 Å². The molecule has 0 spiro atoms. The quantitative estimate of drug-likeness (QED) is 0.473. The van der Waals surface area contributed by atoms with Gasteiger partial charge in [0.2, 0.25) is 15.9 Å². The highest BCUT2D eigenvalue weighted by atomic mass is 32.2. The molecule has 2 aliphatic rings. The molecule has 150 valence electrons. The second-order valence-corrected chi connectivity index (χ2v) is 8.36. The molecule has 0 radical (unpaired) electrons. The summed E-state index contributed by atoms with van der Waals surface area (Å²) in [5.74, 6) is 0.633. The molecule has 1 aromatic carbocycles. The maximum Gasteiger partial charge on any atom is 0.240 e. The van der Waals surface area contributed by atoms with E-state index in [-0.39, 0.29) is 29.7 Å². The van der Waals surface area contributed by atoms with E-state index in [0.717, 1.165) is 6.42 Å². The van der Waals surface area contributed by atoms with Gasteiger partial charge in [-0.15, -0.1) is 0 Å². The maximum atomic E-state index is 12.4. The summed E-state index contributed by atoms with van der Waals surface area (Å²) < 4.78 is 38.2. The Labute approximate surface area is 158 Å². The zero-order valence-corrected chi connectivity index (χ0v) is 15.8. The number of benzene rings is 1. The topological polar surface area (TPSA) is 126 Å². The minimum atomic E-state index is -3.76. The van der Waals surface area contributed by atoms with Crippen LogP contribution < -0.4 is 24.8 Å². The molecule has 2 aliphatic heterocycles. The zero-order chi connectivity index (χ0) is 19.3. The van der Waals surface area contributed by atoms with Gasteiger partial charge in [0.05, 0.1) is 24.2 Å². The Morgan fingerprint density at radius 2 is 2.00 bits per heavy atom. The van der Waals surface area contributed by atoms with Crippen LogP contribution in [-0.2, 0) is 14.8 Å². The van der Waals surface area contributed by atoms with Crippen molar-refractivity contribution < 1.29 is 27.8 Å². The van der Waals surface area contributed by atoms with Crippen LogP contribution in [0.2, 0.25) is 0 Å². The van der Waals surface area contributed by atoms with E-state index in [1.54, 1.807) is 6.07 Å². The molecular formula is C17H25N3O6S. The summed E-state index contributed by atoms with van der Waals surface area (Å²) in [6, 6.07) is 4.45. The molecule has 0 saturated carbocycles. The van der Waals surface area contributed by atoms with Gasteiger partial charge in [0.25, 0.3) is 0 Å². The monoisotopic (exact) mass is 399 g/mol. The summed E-state index contributed by atoms with van der Waals surface area (Å²) in [5, 5.41) is 15.4. The number of nitrogens with one attached hydrogen (secondary N) is 3. The van der Waals surface area contributed by atoms with E-state index in [4.69, 9.17) is 9.47 Å². The lowest BCUT2D eigenvalue weighted by molar-refractivity contribution is -0.121. The number of sulfonamides is 1. The van der Waals surface area contributed by atoms with Crippen LogP contribution in [0.4, 0.5) is 0 Å². The second kappa shape index (κ2) is 8.87. The van der Waals surface area contributed by atoms with Crippen LogP contribution >= 0.6 is 0 Å². The molecule has 0 aromatic heterocycles. The number of amides is 1. The number of ether oxygens (including phenoxy) is 2. The number of hydrogen-bond acceptors (Lipinski definition) is 7. The molecule has 27 heavy (non-hydrogen) atoms. The van der Waals surface area contributed by atoms with Gasteiger partial charge >= 0.3 is 0 Å². The predicted molar refractivity (Wildman–Crippen MR) is 97.2 cm³/mol. The molecule has 1 fully saturated rings. The number of aliphatic hydroxyl groups is 1. The van der Waals surface area contributed by atoms with Crippen molar-refractivity contribution in [2.24, 2.45) is 5.92 Å². The number of fused-ring (bicyclic) bond motifs is 1. The summed E-state index contributed by atoms with van der Waals surface area (Å²) in [6.45, 7) is 2.51. The maximum absolute atomic E-state index is 12.4. The fourth-order valence-corrected chi connectivity index (χ4v) is 4.00. The van der Waals surface area contributed by atoms with Gasteiger partial charge < -0.3 is 25.2 Å². The highest BCUT2D eigenvalue weighted by Crippen LogP contribution is 2.31. The van der Waals surface area contributed by atoms with Gasteiger partial charge in [0, 0.05) is 51.0 Å². The number of aliphatic hydroxyl groups excluding tert-OH is 1. The lowest BCUT2D eigenvalue weighted by atomic mass is 10.1. The summed E-state index contributed by atoms with van der Waals surface area (Å²) in [4.78, 5) is 11.9. The first-order valence-corrected chi connectivity index (χ1v) is 10.5. The van der Waals surface area contributed by atoms with Crippen LogP contribution in [0.3, 0.4) is 0 Å². The summed E-state index contributed by atoms with van der Waals surface area (Å²) in [6.07, 6.45) is 0.279. The minimum absolute atomic E-state index is 0.0139. The lowest BCUT2D eigenvalue weighted by Gasteiger charge is -2.14. The van der Waals surface area contributed by atoms with Crippen LogP contribution in [0, 0.1) is 5.92 Å². The fourth-order valence-electron chi connectivity index (χ4n) is 2.95. The molecule has 1 aromatic rings. The van der Waals surface area contributed by atoms with Gasteiger partial charge in [0.1, 0.15) is 0 Å². The Morgan fingerprint density at radius 3 is 2.74 bits per heavy atom. The first-order valence-electron chi connectivity index (χ1n) is 9.00. The molecule has 1 amide bonds. The van der Waals surface area contributed by atoms with E-state index in [1.165, 1.54) is 12.1 Å². The van der Waals surface area contributed by atoms with Crippen LogP contribution in [-0.4, -0.2) is 64.9 Å². The number of hydrogen-bond donors (Lipinski definition) is 4. The summed E-state index contributed by atoms with van der Waals surface area (Å²) in [5.41, 5.74) is 0. The number of rotatable bonds is 7. The first kappa shape index (κ1) is 19.9. The van der Waals surface area contributed by atoms with Crippen molar-refractivity contribution in [1.29, 1.82) is 0 Å². The van der Waals surface area contributed by atoms with Gasteiger partial charge in [0.15, 0.2) is 11.5 Å². The summed E-state index contributed by atoms with van der Waals surface area (Å²) in [7, 11) is -3.76. The van der Waals surface area contributed by atoms with Gasteiger partial charge in [-0.3, -0.25) is 4.79 Å². The van der Waals surface area contributed by atoms with Crippen LogP contribution in [0.5, 0.6) is 11.5 Å². The van der Waals surface area contributed by atoms with Crippen molar-refractivity contribution in [3.05, 3.63) is 18.2 Å². The standard InChI is InChI=1S/C17H25N3O6S/c21-14-11-18-9-12(14)10-19-17(22)4-5-20-27(23,24)13-2-3-15-16(8-13)26-7-1-6-25-15/h2-3,8,12,14,18,20-21H,1,4-7,9-11H2,(H,19,22). The van der Waals surface area contributed by atoms with Crippen molar-refractivity contribution in [3.8, 4) is 11.5 Å². The predicted octanol–water partition coefficient (Wildman–Crippen LogP) is -0.787. The Hall–Kier alpha value is -1.88. The Bertz CT molecular complexity index is 770. The second-order valence-electron chi connectivity index (χ2n) is 6.60. The van der Waals surface area contributed by atoms with Crippen molar-refractivity contribution in [2.45, 2.75) is 23.8 Å². The third kappa shape index (κ3) is 5.32. The molecule has 2 unspecified atom stereocenters. The van der Waals surface area contributed by atoms with Crippen LogP contribution in [0.1, 0.15) is 12.8 Å². The molecule has 1 saturated heterocycles. The highest BCUT2D eigenvalue weighted by Gasteiger charge is 2.25. The Balaban J connectivity index is 1.48. The number of carbonyl (C=O) groups excluding carboxylic acids is 1. The third-order valence-electron chi connectivity index (χ3n) is 4.54. The number of β-amino-alcohol motifs (C(OH)–C–C–N with tert-alkyl or cyclic N) is 1. The zero-order valence-electron chi connectivity index (χ0n) is 14.9. The molecule has 0 aliphatic carbocycles. The normalized spacial score (nSPS) is 22.3. The smallest absolute Gasteiger partial charge is 0.240 e. The van der Waals surface area contributed by atoms with Crippen molar-refractivity contribution in [1.82, 2.24) is 15.4 Å². The molecule has 0 bridgehead atoms.